The first-order valence-corrected chi connectivity index (χ1v) is 8.62. The Morgan fingerprint density at radius 3 is 2.30 bits per heavy atom. The third-order valence-electron chi connectivity index (χ3n) is 3.53. The van der Waals surface area contributed by atoms with Gasteiger partial charge in [-0.05, 0) is 37.1 Å². The zero-order valence-electron chi connectivity index (χ0n) is 10.8. The number of hydrogen-bond acceptors (Lipinski definition) is 3. The van der Waals surface area contributed by atoms with Crippen molar-refractivity contribution in [2.45, 2.75) is 42.5 Å². The van der Waals surface area contributed by atoms with Crippen molar-refractivity contribution < 1.29 is 18.3 Å². The van der Waals surface area contributed by atoms with Crippen molar-refractivity contribution >= 4 is 31.9 Å². The number of rotatable bonds is 5. The molecule has 7 heteroatoms. The van der Waals surface area contributed by atoms with Gasteiger partial charge in [0.05, 0.1) is 11.3 Å². The van der Waals surface area contributed by atoms with Crippen LogP contribution in [0, 0.1) is 0 Å². The van der Waals surface area contributed by atoms with Gasteiger partial charge in [0, 0.05) is 10.0 Å². The van der Waals surface area contributed by atoms with Crippen LogP contribution in [0.5, 0.6) is 0 Å². The molecule has 110 valence electrons. The molecular weight excluding hydrogens is 346 g/mol. The maximum Gasteiger partial charge on any atom is 0.305 e. The van der Waals surface area contributed by atoms with Gasteiger partial charge < -0.3 is 5.11 Å². The van der Waals surface area contributed by atoms with Crippen LogP contribution >= 0.6 is 15.9 Å². The number of carboxylic acid groups (broad SMARTS) is 1. The van der Waals surface area contributed by atoms with Crippen LogP contribution in [0.25, 0.3) is 0 Å². The van der Waals surface area contributed by atoms with Crippen LogP contribution in [0.3, 0.4) is 0 Å². The lowest BCUT2D eigenvalue weighted by molar-refractivity contribution is -0.138. The summed E-state index contributed by atoms with van der Waals surface area (Å²) in [6, 6.07) is 6.28. The molecule has 0 bridgehead atoms. The minimum absolute atomic E-state index is 0.150. The highest BCUT2D eigenvalue weighted by molar-refractivity contribution is 9.10. The second-order valence-corrected chi connectivity index (χ2v) is 7.72. The van der Waals surface area contributed by atoms with E-state index in [4.69, 9.17) is 5.11 Å². The van der Waals surface area contributed by atoms with Gasteiger partial charge in [-0.25, -0.2) is 13.1 Å². The molecule has 0 saturated heterocycles. The third-order valence-corrected chi connectivity index (χ3v) is 5.65. The summed E-state index contributed by atoms with van der Waals surface area (Å²) in [5.41, 5.74) is -0.849. The largest absolute Gasteiger partial charge is 0.481 e. The quantitative estimate of drug-likeness (QED) is 0.843. The van der Waals surface area contributed by atoms with Crippen LogP contribution in [-0.2, 0) is 14.8 Å². The normalized spacial score (nSPS) is 18.1. The molecule has 1 saturated carbocycles. The fourth-order valence-corrected chi connectivity index (χ4v) is 4.34. The average molecular weight is 362 g/mol. The first kappa shape index (κ1) is 15.5. The summed E-state index contributed by atoms with van der Waals surface area (Å²) >= 11 is 3.25. The maximum absolute atomic E-state index is 12.4. The molecule has 0 spiro atoms. The van der Waals surface area contributed by atoms with Gasteiger partial charge in [-0.15, -0.1) is 0 Å². The number of hydrogen-bond donors (Lipinski definition) is 2. The SMILES string of the molecule is O=C(O)CC1(NS(=O)(=O)c2ccc(Br)cc2)CCCC1. The van der Waals surface area contributed by atoms with E-state index >= 15 is 0 Å². The third kappa shape index (κ3) is 3.59. The predicted molar refractivity (Wildman–Crippen MR) is 77.9 cm³/mol. The monoisotopic (exact) mass is 361 g/mol. The van der Waals surface area contributed by atoms with E-state index in [1.165, 1.54) is 12.1 Å². The Bertz CT molecular complexity index is 591. The Balaban J connectivity index is 2.25. The van der Waals surface area contributed by atoms with Crippen molar-refractivity contribution in [2.24, 2.45) is 0 Å². The van der Waals surface area contributed by atoms with Gasteiger partial charge >= 0.3 is 5.97 Å². The van der Waals surface area contributed by atoms with E-state index in [0.717, 1.165) is 17.3 Å². The van der Waals surface area contributed by atoms with E-state index < -0.39 is 21.5 Å². The molecule has 5 nitrogen and oxygen atoms in total. The molecule has 1 aromatic carbocycles. The molecule has 20 heavy (non-hydrogen) atoms. The van der Waals surface area contributed by atoms with Crippen molar-refractivity contribution in [2.75, 3.05) is 0 Å². The van der Waals surface area contributed by atoms with Crippen molar-refractivity contribution in [3.05, 3.63) is 28.7 Å². The van der Waals surface area contributed by atoms with Crippen molar-refractivity contribution in [1.82, 2.24) is 4.72 Å². The summed E-state index contributed by atoms with van der Waals surface area (Å²) in [5, 5.41) is 9.00. The minimum Gasteiger partial charge on any atom is -0.481 e. The summed E-state index contributed by atoms with van der Waals surface area (Å²) in [6.45, 7) is 0. The highest BCUT2D eigenvalue weighted by atomic mass is 79.9. The van der Waals surface area contributed by atoms with Crippen LogP contribution in [0.2, 0.25) is 0 Å². The molecule has 2 rings (SSSR count). The molecule has 1 aliphatic carbocycles. The van der Waals surface area contributed by atoms with E-state index in [2.05, 4.69) is 20.7 Å². The number of halogens is 1. The molecule has 0 heterocycles. The molecule has 0 radical (unpaired) electrons. The van der Waals surface area contributed by atoms with Crippen LogP contribution in [0.15, 0.2) is 33.6 Å². The Morgan fingerprint density at radius 2 is 1.80 bits per heavy atom. The highest BCUT2D eigenvalue weighted by Crippen LogP contribution is 2.34. The molecule has 0 unspecified atom stereocenters. The molecule has 1 fully saturated rings. The van der Waals surface area contributed by atoms with Gasteiger partial charge in [0.15, 0.2) is 0 Å². The number of carboxylic acids is 1. The number of nitrogens with one attached hydrogen (secondary N) is 1. The van der Waals surface area contributed by atoms with Crippen LogP contribution in [0.4, 0.5) is 0 Å². The highest BCUT2D eigenvalue weighted by Gasteiger charge is 2.39. The number of benzene rings is 1. The van der Waals surface area contributed by atoms with Crippen molar-refractivity contribution in [3.8, 4) is 0 Å². The lowest BCUT2D eigenvalue weighted by Gasteiger charge is -2.28. The fourth-order valence-electron chi connectivity index (χ4n) is 2.61. The summed E-state index contributed by atoms with van der Waals surface area (Å²) in [5.74, 6) is -0.981. The lowest BCUT2D eigenvalue weighted by atomic mass is 9.95. The standard InChI is InChI=1S/C13H16BrNO4S/c14-10-3-5-11(6-4-10)20(18,19)15-13(9-12(16)17)7-1-2-8-13/h3-6,15H,1-2,7-9H2,(H,16,17). The first-order chi connectivity index (χ1) is 9.33. The molecule has 0 atom stereocenters. The number of sulfonamides is 1. The zero-order chi connectivity index (χ0) is 14.8. The molecule has 0 aliphatic heterocycles. The Kier molecular flexibility index (Phi) is 4.51. The van der Waals surface area contributed by atoms with Crippen LogP contribution in [0.1, 0.15) is 32.1 Å². The maximum atomic E-state index is 12.4. The second kappa shape index (κ2) is 5.83. The van der Waals surface area contributed by atoms with Gasteiger partial charge in [0.2, 0.25) is 10.0 Å². The summed E-state index contributed by atoms with van der Waals surface area (Å²) in [7, 11) is -3.70. The summed E-state index contributed by atoms with van der Waals surface area (Å²) in [4.78, 5) is 11.1. The van der Waals surface area contributed by atoms with E-state index in [1.54, 1.807) is 12.1 Å². The summed E-state index contributed by atoms with van der Waals surface area (Å²) in [6.07, 6.45) is 2.64. The Labute approximate surface area is 126 Å². The van der Waals surface area contributed by atoms with E-state index in [0.29, 0.717) is 12.8 Å². The molecular formula is C13H16BrNO4S. The molecule has 0 amide bonds. The average Bonchev–Trinajstić information content (AvgIpc) is 2.75. The molecule has 0 aromatic heterocycles. The van der Waals surface area contributed by atoms with Gasteiger partial charge in [0.25, 0.3) is 0 Å². The van der Waals surface area contributed by atoms with E-state index in [-0.39, 0.29) is 11.3 Å². The van der Waals surface area contributed by atoms with Crippen LogP contribution < -0.4 is 4.72 Å². The van der Waals surface area contributed by atoms with E-state index in [1.807, 2.05) is 0 Å². The van der Waals surface area contributed by atoms with Crippen LogP contribution in [-0.4, -0.2) is 25.0 Å². The molecule has 2 N–H and O–H groups in total. The van der Waals surface area contributed by atoms with Gasteiger partial charge in [-0.3, -0.25) is 4.79 Å². The molecule has 1 aliphatic rings. The minimum atomic E-state index is -3.70. The lowest BCUT2D eigenvalue weighted by Crippen LogP contribution is -2.47. The summed E-state index contributed by atoms with van der Waals surface area (Å²) < 4.78 is 28.1. The smallest absolute Gasteiger partial charge is 0.305 e. The van der Waals surface area contributed by atoms with Gasteiger partial charge in [-0.2, -0.15) is 0 Å². The van der Waals surface area contributed by atoms with Crippen molar-refractivity contribution in [1.29, 1.82) is 0 Å². The topological polar surface area (TPSA) is 83.5 Å². The Morgan fingerprint density at radius 1 is 1.25 bits per heavy atom. The number of carbonyl (C=O) groups is 1. The number of aliphatic carboxylic acids is 1. The zero-order valence-corrected chi connectivity index (χ0v) is 13.2. The predicted octanol–water partition coefficient (Wildman–Crippen LogP) is 2.51. The van der Waals surface area contributed by atoms with E-state index in [9.17, 15) is 13.2 Å². The first-order valence-electron chi connectivity index (χ1n) is 6.34. The fraction of sp³-hybridized carbons (Fsp3) is 0.462. The van der Waals surface area contributed by atoms with Crippen molar-refractivity contribution in [3.63, 3.8) is 0 Å². The second-order valence-electron chi connectivity index (χ2n) is 5.12. The van der Waals surface area contributed by atoms with Gasteiger partial charge in [-0.1, -0.05) is 28.8 Å². The molecule has 1 aromatic rings. The Hall–Kier alpha value is -0.920. The van der Waals surface area contributed by atoms with Gasteiger partial charge in [0.1, 0.15) is 0 Å².